The van der Waals surface area contributed by atoms with Gasteiger partial charge < -0.3 is 10.1 Å². The molecule has 2 amide bonds. The maximum absolute atomic E-state index is 12.8. The molecule has 25 heavy (non-hydrogen) atoms. The molecule has 1 aromatic rings. The molecule has 1 heterocycles. The fourth-order valence-electron chi connectivity index (χ4n) is 3.74. The van der Waals surface area contributed by atoms with Crippen LogP contribution in [0.4, 0.5) is 4.79 Å². The summed E-state index contributed by atoms with van der Waals surface area (Å²) in [5.74, 6) is -0.386. The molecule has 1 unspecified atom stereocenters. The van der Waals surface area contributed by atoms with Gasteiger partial charge in [-0.1, -0.05) is 36.6 Å². The van der Waals surface area contributed by atoms with E-state index in [1.807, 2.05) is 19.1 Å². The van der Waals surface area contributed by atoms with Crippen LogP contribution in [0.2, 0.25) is 5.02 Å². The molecule has 1 saturated carbocycles. The molecule has 0 aromatic heterocycles. The Morgan fingerprint density at radius 2 is 1.92 bits per heavy atom. The predicted molar refractivity (Wildman–Crippen MR) is 96.2 cm³/mol. The predicted octanol–water partition coefficient (Wildman–Crippen LogP) is 4.19. The zero-order valence-corrected chi connectivity index (χ0v) is 15.3. The van der Waals surface area contributed by atoms with Gasteiger partial charge in [0.2, 0.25) is 0 Å². The highest BCUT2D eigenvalue weighted by molar-refractivity contribution is 6.30. The molecule has 1 aromatic carbocycles. The Morgan fingerprint density at radius 1 is 1.28 bits per heavy atom. The Morgan fingerprint density at radius 3 is 2.52 bits per heavy atom. The first-order chi connectivity index (χ1) is 12.0. The SMILES string of the molecule is CCOC(=O)C1=C(C)N(C2CCCC2)C(=O)NC1c1ccc(Cl)cc1. The van der Waals surface area contributed by atoms with Gasteiger partial charge >= 0.3 is 12.0 Å². The minimum absolute atomic E-state index is 0.149. The lowest BCUT2D eigenvalue weighted by atomic mass is 9.94. The van der Waals surface area contributed by atoms with E-state index in [0.717, 1.165) is 31.2 Å². The van der Waals surface area contributed by atoms with Crippen LogP contribution in [-0.2, 0) is 9.53 Å². The summed E-state index contributed by atoms with van der Waals surface area (Å²) in [7, 11) is 0. The van der Waals surface area contributed by atoms with E-state index in [2.05, 4.69) is 5.32 Å². The Balaban J connectivity index is 2.03. The van der Waals surface area contributed by atoms with Crippen molar-refractivity contribution >= 4 is 23.6 Å². The van der Waals surface area contributed by atoms with E-state index in [-0.39, 0.29) is 18.0 Å². The zero-order valence-electron chi connectivity index (χ0n) is 14.5. The van der Waals surface area contributed by atoms with Crippen LogP contribution in [0.25, 0.3) is 0 Å². The second-order valence-corrected chi connectivity index (χ2v) is 6.90. The Labute approximate surface area is 153 Å². The molecule has 1 N–H and O–H groups in total. The third-order valence-electron chi connectivity index (χ3n) is 4.91. The number of allylic oxidation sites excluding steroid dienone is 1. The summed E-state index contributed by atoms with van der Waals surface area (Å²) in [4.78, 5) is 27.2. The average Bonchev–Trinajstić information content (AvgIpc) is 3.09. The van der Waals surface area contributed by atoms with Crippen LogP contribution in [-0.4, -0.2) is 29.5 Å². The van der Waals surface area contributed by atoms with E-state index >= 15 is 0 Å². The summed E-state index contributed by atoms with van der Waals surface area (Å²) in [6.07, 6.45) is 4.15. The number of hydrogen-bond donors (Lipinski definition) is 1. The number of rotatable bonds is 4. The van der Waals surface area contributed by atoms with Gasteiger partial charge in [-0.05, 0) is 44.4 Å². The summed E-state index contributed by atoms with van der Waals surface area (Å²) in [6, 6.07) is 6.62. The molecule has 0 saturated heterocycles. The fraction of sp³-hybridized carbons (Fsp3) is 0.474. The fourth-order valence-corrected chi connectivity index (χ4v) is 3.86. The van der Waals surface area contributed by atoms with Gasteiger partial charge in [0.1, 0.15) is 0 Å². The molecular formula is C19H23ClN2O3. The molecule has 5 nitrogen and oxygen atoms in total. The van der Waals surface area contributed by atoms with Crippen LogP contribution >= 0.6 is 11.6 Å². The van der Waals surface area contributed by atoms with Crippen LogP contribution in [0.15, 0.2) is 35.5 Å². The molecule has 1 aliphatic heterocycles. The first kappa shape index (κ1) is 17.8. The monoisotopic (exact) mass is 362 g/mol. The molecular weight excluding hydrogens is 340 g/mol. The normalized spacial score (nSPS) is 21.5. The van der Waals surface area contributed by atoms with E-state index in [0.29, 0.717) is 22.9 Å². The van der Waals surface area contributed by atoms with Crippen LogP contribution < -0.4 is 5.32 Å². The van der Waals surface area contributed by atoms with Gasteiger partial charge in [0.05, 0.1) is 18.2 Å². The van der Waals surface area contributed by atoms with Gasteiger partial charge in [-0.2, -0.15) is 0 Å². The Hall–Kier alpha value is -2.01. The number of ether oxygens (including phenoxy) is 1. The third-order valence-corrected chi connectivity index (χ3v) is 5.17. The van der Waals surface area contributed by atoms with Crippen LogP contribution in [0.5, 0.6) is 0 Å². The summed E-state index contributed by atoms with van der Waals surface area (Å²) >= 11 is 5.97. The maximum atomic E-state index is 12.8. The number of halogens is 1. The number of carbonyl (C=O) groups excluding carboxylic acids is 2. The summed E-state index contributed by atoms with van der Waals surface area (Å²) < 4.78 is 5.27. The number of nitrogens with one attached hydrogen (secondary N) is 1. The van der Waals surface area contributed by atoms with Crippen LogP contribution in [0.3, 0.4) is 0 Å². The molecule has 6 heteroatoms. The molecule has 1 fully saturated rings. The van der Waals surface area contributed by atoms with E-state index < -0.39 is 6.04 Å². The molecule has 0 radical (unpaired) electrons. The summed E-state index contributed by atoms with van der Waals surface area (Å²) in [6.45, 7) is 3.91. The quantitative estimate of drug-likeness (QED) is 0.817. The summed E-state index contributed by atoms with van der Waals surface area (Å²) in [5, 5.41) is 3.59. The first-order valence-corrected chi connectivity index (χ1v) is 9.13. The van der Waals surface area contributed by atoms with Crippen LogP contribution in [0, 0.1) is 0 Å². The van der Waals surface area contributed by atoms with Crippen molar-refractivity contribution in [1.29, 1.82) is 0 Å². The molecule has 3 rings (SSSR count). The van der Waals surface area contributed by atoms with Gasteiger partial charge in [-0.25, -0.2) is 9.59 Å². The number of esters is 1. The van der Waals surface area contributed by atoms with Crippen molar-refractivity contribution in [2.24, 2.45) is 0 Å². The highest BCUT2D eigenvalue weighted by Gasteiger charge is 2.39. The lowest BCUT2D eigenvalue weighted by molar-refractivity contribution is -0.139. The van der Waals surface area contributed by atoms with Gasteiger partial charge in [0.25, 0.3) is 0 Å². The average molecular weight is 363 g/mol. The van der Waals surface area contributed by atoms with Crippen LogP contribution in [0.1, 0.15) is 51.1 Å². The first-order valence-electron chi connectivity index (χ1n) is 8.76. The lowest BCUT2D eigenvalue weighted by Gasteiger charge is -2.38. The van der Waals surface area contributed by atoms with Gasteiger partial charge in [0.15, 0.2) is 0 Å². The highest BCUT2D eigenvalue weighted by Crippen LogP contribution is 2.36. The number of benzene rings is 1. The van der Waals surface area contributed by atoms with E-state index in [1.165, 1.54) is 0 Å². The van der Waals surface area contributed by atoms with Crippen molar-refractivity contribution in [3.8, 4) is 0 Å². The number of amides is 2. The Kier molecular flexibility index (Phi) is 5.33. The molecule has 0 bridgehead atoms. The second kappa shape index (κ2) is 7.48. The maximum Gasteiger partial charge on any atom is 0.338 e. The number of urea groups is 1. The molecule has 2 aliphatic rings. The smallest absolute Gasteiger partial charge is 0.338 e. The van der Waals surface area contributed by atoms with E-state index in [1.54, 1.807) is 24.0 Å². The zero-order chi connectivity index (χ0) is 18.0. The number of nitrogens with zero attached hydrogens (tertiary/aromatic N) is 1. The van der Waals surface area contributed by atoms with Gasteiger partial charge in [-0.15, -0.1) is 0 Å². The van der Waals surface area contributed by atoms with E-state index in [4.69, 9.17) is 16.3 Å². The molecule has 1 atom stereocenters. The van der Waals surface area contributed by atoms with Crippen molar-refractivity contribution in [1.82, 2.24) is 10.2 Å². The Bertz CT molecular complexity index is 693. The van der Waals surface area contributed by atoms with Crippen molar-refractivity contribution in [3.63, 3.8) is 0 Å². The lowest BCUT2D eigenvalue weighted by Crippen LogP contribution is -2.51. The number of carbonyl (C=O) groups is 2. The molecule has 1 aliphatic carbocycles. The minimum Gasteiger partial charge on any atom is -0.463 e. The van der Waals surface area contributed by atoms with Crippen molar-refractivity contribution in [3.05, 3.63) is 46.1 Å². The topological polar surface area (TPSA) is 58.6 Å². The van der Waals surface area contributed by atoms with E-state index in [9.17, 15) is 9.59 Å². The molecule has 134 valence electrons. The van der Waals surface area contributed by atoms with Crippen molar-refractivity contribution in [2.75, 3.05) is 6.61 Å². The van der Waals surface area contributed by atoms with Crippen molar-refractivity contribution < 1.29 is 14.3 Å². The van der Waals surface area contributed by atoms with Gasteiger partial charge in [-0.3, -0.25) is 4.90 Å². The van der Waals surface area contributed by atoms with Gasteiger partial charge in [0, 0.05) is 16.8 Å². The summed E-state index contributed by atoms with van der Waals surface area (Å²) in [5.41, 5.74) is 2.00. The highest BCUT2D eigenvalue weighted by atomic mass is 35.5. The standard InChI is InChI=1S/C19H23ClN2O3/c1-3-25-18(23)16-12(2)22(15-6-4-5-7-15)19(24)21-17(16)13-8-10-14(20)11-9-13/h8-11,15,17H,3-7H2,1-2H3,(H,21,24). The largest absolute Gasteiger partial charge is 0.463 e. The van der Waals surface area contributed by atoms with Crippen molar-refractivity contribution in [2.45, 2.75) is 51.6 Å². The third kappa shape index (κ3) is 3.52. The molecule has 0 spiro atoms. The number of hydrogen-bond acceptors (Lipinski definition) is 3. The minimum atomic E-state index is -0.526. The second-order valence-electron chi connectivity index (χ2n) is 6.46.